The van der Waals surface area contributed by atoms with Gasteiger partial charge < -0.3 is 10.5 Å². The summed E-state index contributed by atoms with van der Waals surface area (Å²) in [6.07, 6.45) is 0. The van der Waals surface area contributed by atoms with Gasteiger partial charge in [-0.1, -0.05) is 48.8 Å². The Bertz CT molecular complexity index is 1150. The SMILES string of the molecule is CC(C)(C)c1ccc(C(=O)Oc2cc(N)n(S(=O)(=O)c3ccc(Br)cc3)n2)cc1. The van der Waals surface area contributed by atoms with Gasteiger partial charge in [0.05, 0.1) is 10.5 Å². The van der Waals surface area contributed by atoms with Gasteiger partial charge in [0.1, 0.15) is 5.82 Å². The average Bonchev–Trinajstić information content (AvgIpc) is 3.02. The van der Waals surface area contributed by atoms with Crippen molar-refractivity contribution < 1.29 is 17.9 Å². The van der Waals surface area contributed by atoms with Gasteiger partial charge in [0.15, 0.2) is 0 Å². The molecule has 0 saturated carbocycles. The summed E-state index contributed by atoms with van der Waals surface area (Å²) in [4.78, 5) is 12.4. The zero-order valence-electron chi connectivity index (χ0n) is 16.1. The first-order valence-electron chi connectivity index (χ1n) is 8.68. The lowest BCUT2D eigenvalue weighted by atomic mass is 9.87. The van der Waals surface area contributed by atoms with Crippen LogP contribution in [0.1, 0.15) is 36.7 Å². The van der Waals surface area contributed by atoms with E-state index in [1.54, 1.807) is 24.3 Å². The lowest BCUT2D eigenvalue weighted by Gasteiger charge is -2.18. The van der Waals surface area contributed by atoms with Crippen molar-refractivity contribution >= 4 is 37.7 Å². The van der Waals surface area contributed by atoms with E-state index in [-0.39, 0.29) is 22.0 Å². The number of nitrogens with zero attached hydrogens (tertiary/aromatic N) is 2. The quantitative estimate of drug-likeness (QED) is 0.569. The van der Waals surface area contributed by atoms with E-state index >= 15 is 0 Å². The van der Waals surface area contributed by atoms with Crippen LogP contribution in [-0.4, -0.2) is 23.6 Å². The average molecular weight is 478 g/mol. The fraction of sp³-hybridized carbons (Fsp3) is 0.200. The minimum atomic E-state index is -4.02. The first-order chi connectivity index (χ1) is 13.5. The van der Waals surface area contributed by atoms with Crippen molar-refractivity contribution in [1.29, 1.82) is 0 Å². The fourth-order valence-electron chi connectivity index (χ4n) is 2.57. The third-order valence-electron chi connectivity index (χ3n) is 4.20. The van der Waals surface area contributed by atoms with E-state index in [9.17, 15) is 13.2 Å². The van der Waals surface area contributed by atoms with Crippen LogP contribution < -0.4 is 10.5 Å². The summed E-state index contributed by atoms with van der Waals surface area (Å²) < 4.78 is 32.1. The predicted octanol–water partition coefficient (Wildman–Crippen LogP) is 3.98. The van der Waals surface area contributed by atoms with Crippen molar-refractivity contribution in [3.8, 4) is 5.88 Å². The molecule has 0 aliphatic rings. The molecule has 1 heterocycles. The first-order valence-corrected chi connectivity index (χ1v) is 10.9. The summed E-state index contributed by atoms with van der Waals surface area (Å²) in [6, 6.07) is 14.2. The monoisotopic (exact) mass is 477 g/mol. The van der Waals surface area contributed by atoms with Crippen LogP contribution in [0.5, 0.6) is 5.88 Å². The summed E-state index contributed by atoms with van der Waals surface area (Å²) >= 11 is 3.25. The molecule has 0 fully saturated rings. The van der Waals surface area contributed by atoms with Gasteiger partial charge in [-0.25, -0.2) is 4.79 Å². The number of nitrogens with two attached hydrogens (primary N) is 1. The molecule has 152 valence electrons. The summed E-state index contributed by atoms with van der Waals surface area (Å²) in [5.74, 6) is -1.02. The number of carbonyl (C=O) groups excluding carboxylic acids is 1. The smallest absolute Gasteiger partial charge is 0.344 e. The van der Waals surface area contributed by atoms with Gasteiger partial charge in [-0.05, 0) is 47.4 Å². The van der Waals surface area contributed by atoms with Crippen LogP contribution in [0.2, 0.25) is 0 Å². The van der Waals surface area contributed by atoms with Gasteiger partial charge in [-0.15, -0.1) is 9.19 Å². The summed E-state index contributed by atoms with van der Waals surface area (Å²) in [6.45, 7) is 6.21. The van der Waals surface area contributed by atoms with Crippen LogP contribution in [0.4, 0.5) is 5.82 Å². The highest BCUT2D eigenvalue weighted by atomic mass is 79.9. The van der Waals surface area contributed by atoms with E-state index in [2.05, 4.69) is 41.8 Å². The highest BCUT2D eigenvalue weighted by Crippen LogP contribution is 2.24. The zero-order valence-corrected chi connectivity index (χ0v) is 18.5. The number of esters is 1. The van der Waals surface area contributed by atoms with Gasteiger partial charge in [0.2, 0.25) is 5.88 Å². The van der Waals surface area contributed by atoms with Gasteiger partial charge >= 0.3 is 5.97 Å². The highest BCUT2D eigenvalue weighted by Gasteiger charge is 2.23. The van der Waals surface area contributed by atoms with Crippen LogP contribution in [0, 0.1) is 0 Å². The van der Waals surface area contributed by atoms with Gasteiger partial charge in [0.25, 0.3) is 10.0 Å². The van der Waals surface area contributed by atoms with E-state index in [0.29, 0.717) is 9.65 Å². The van der Waals surface area contributed by atoms with Crippen molar-refractivity contribution in [3.05, 3.63) is 70.2 Å². The molecule has 0 amide bonds. The van der Waals surface area contributed by atoms with Crippen LogP contribution in [0.3, 0.4) is 0 Å². The Morgan fingerprint density at radius 3 is 2.21 bits per heavy atom. The number of nitrogen functional groups attached to an aromatic ring is 1. The molecular weight excluding hydrogens is 458 g/mol. The minimum absolute atomic E-state index is 0.00569. The number of carbonyl (C=O) groups is 1. The molecule has 0 spiro atoms. The molecule has 0 bridgehead atoms. The second-order valence-corrected chi connectivity index (χ2v) is 10.1. The zero-order chi connectivity index (χ0) is 21.4. The molecule has 3 rings (SSSR count). The Hall–Kier alpha value is -2.65. The molecule has 7 nitrogen and oxygen atoms in total. The Morgan fingerprint density at radius 2 is 1.66 bits per heavy atom. The normalized spacial score (nSPS) is 12.0. The number of halogens is 1. The van der Waals surface area contributed by atoms with Crippen molar-refractivity contribution in [2.45, 2.75) is 31.1 Å². The predicted molar refractivity (Wildman–Crippen MR) is 113 cm³/mol. The minimum Gasteiger partial charge on any atom is -0.402 e. The molecule has 29 heavy (non-hydrogen) atoms. The van der Waals surface area contributed by atoms with Crippen LogP contribution in [0.25, 0.3) is 0 Å². The standard InChI is InChI=1S/C20H20BrN3O4S/c1-20(2,3)14-6-4-13(5-7-14)19(25)28-18-12-17(22)24(23-18)29(26,27)16-10-8-15(21)9-11-16/h4-12H,22H2,1-3H3. The van der Waals surface area contributed by atoms with Crippen molar-refractivity contribution in [2.75, 3.05) is 5.73 Å². The topological polar surface area (TPSA) is 104 Å². The number of hydrogen-bond acceptors (Lipinski definition) is 6. The van der Waals surface area contributed by atoms with E-state index in [0.717, 1.165) is 10.0 Å². The van der Waals surface area contributed by atoms with Crippen molar-refractivity contribution in [2.24, 2.45) is 0 Å². The third kappa shape index (κ3) is 4.51. The number of benzene rings is 2. The molecule has 0 saturated heterocycles. The summed E-state index contributed by atoms with van der Waals surface area (Å²) in [7, 11) is -4.02. The number of anilines is 1. The number of hydrogen-bond donors (Lipinski definition) is 1. The van der Waals surface area contributed by atoms with Crippen LogP contribution >= 0.6 is 15.9 Å². The van der Waals surface area contributed by atoms with E-state index in [1.165, 1.54) is 18.2 Å². The second kappa shape index (κ2) is 7.64. The molecule has 0 atom stereocenters. The fourth-order valence-corrected chi connectivity index (χ4v) is 4.03. The van der Waals surface area contributed by atoms with Crippen LogP contribution in [0.15, 0.2) is 64.0 Å². The van der Waals surface area contributed by atoms with Crippen LogP contribution in [-0.2, 0) is 15.4 Å². The highest BCUT2D eigenvalue weighted by molar-refractivity contribution is 9.10. The molecule has 1 aromatic heterocycles. The lowest BCUT2D eigenvalue weighted by molar-refractivity contribution is 0.0727. The maximum Gasteiger partial charge on any atom is 0.344 e. The van der Waals surface area contributed by atoms with Gasteiger partial charge in [0, 0.05) is 10.5 Å². The molecule has 3 aromatic rings. The van der Waals surface area contributed by atoms with Crippen molar-refractivity contribution in [3.63, 3.8) is 0 Å². The van der Waals surface area contributed by atoms with Gasteiger partial charge in [-0.2, -0.15) is 8.42 Å². The molecule has 0 aliphatic carbocycles. The van der Waals surface area contributed by atoms with E-state index in [1.807, 2.05) is 12.1 Å². The number of ether oxygens (including phenoxy) is 1. The molecule has 0 aliphatic heterocycles. The maximum absolute atomic E-state index is 12.7. The number of rotatable bonds is 4. The molecule has 2 aromatic carbocycles. The summed E-state index contributed by atoms with van der Waals surface area (Å²) in [5, 5.41) is 3.85. The molecule has 2 N–H and O–H groups in total. The molecule has 0 radical (unpaired) electrons. The second-order valence-electron chi connectivity index (χ2n) is 7.43. The summed E-state index contributed by atoms with van der Waals surface area (Å²) in [5.41, 5.74) is 7.15. The lowest BCUT2D eigenvalue weighted by Crippen LogP contribution is -2.17. The first kappa shape index (κ1) is 21.1. The molecule has 9 heteroatoms. The Balaban J connectivity index is 1.83. The third-order valence-corrected chi connectivity index (χ3v) is 6.35. The molecule has 0 unspecified atom stereocenters. The van der Waals surface area contributed by atoms with Gasteiger partial charge in [-0.3, -0.25) is 0 Å². The Kier molecular flexibility index (Phi) is 5.55. The van der Waals surface area contributed by atoms with E-state index in [4.69, 9.17) is 10.5 Å². The van der Waals surface area contributed by atoms with E-state index < -0.39 is 16.0 Å². The Labute approximate surface area is 177 Å². The maximum atomic E-state index is 12.7. The molecular formula is C20H20BrN3O4S. The van der Waals surface area contributed by atoms with Crippen molar-refractivity contribution in [1.82, 2.24) is 9.19 Å². The Morgan fingerprint density at radius 1 is 1.07 bits per heavy atom. The largest absolute Gasteiger partial charge is 0.402 e. The number of aromatic nitrogens is 2.